The molecule has 0 saturated heterocycles. The normalized spacial score (nSPS) is 21.7. The molecule has 1 unspecified atom stereocenters. The molecule has 1 aliphatic heterocycles. The standard InChI is InChI=1S/C14H22N2S/c1-7-9-12-10(3)15-14(13(8-2)17-6)16(5)11(12)4/h7-8,14H,1,9H2,2-6H3/b13-8-. The number of allylic oxidation sites excluding steroid dienone is 4. The Morgan fingerprint density at radius 3 is 2.65 bits per heavy atom. The van der Waals surface area contributed by atoms with Gasteiger partial charge in [-0.25, -0.2) is 0 Å². The molecule has 1 heterocycles. The molecule has 0 amide bonds. The van der Waals surface area contributed by atoms with E-state index in [1.807, 2.05) is 6.08 Å². The number of aliphatic imine (C=N–C) groups is 1. The summed E-state index contributed by atoms with van der Waals surface area (Å²) in [5.74, 6) is 0. The Bertz CT molecular complexity index is 391. The van der Waals surface area contributed by atoms with Gasteiger partial charge in [0.05, 0.1) is 0 Å². The highest BCUT2D eigenvalue weighted by Gasteiger charge is 2.24. The first kappa shape index (κ1) is 14.1. The van der Waals surface area contributed by atoms with Crippen molar-refractivity contribution in [3.05, 3.63) is 34.9 Å². The van der Waals surface area contributed by atoms with E-state index in [2.05, 4.69) is 51.6 Å². The molecule has 0 aromatic rings. The van der Waals surface area contributed by atoms with E-state index in [-0.39, 0.29) is 6.17 Å². The lowest BCUT2D eigenvalue weighted by molar-refractivity contribution is 0.349. The average Bonchev–Trinajstić information content (AvgIpc) is 2.32. The summed E-state index contributed by atoms with van der Waals surface area (Å²) in [6.45, 7) is 10.1. The zero-order chi connectivity index (χ0) is 13.0. The van der Waals surface area contributed by atoms with Crippen LogP contribution in [0, 0.1) is 0 Å². The summed E-state index contributed by atoms with van der Waals surface area (Å²) in [7, 11) is 2.11. The molecule has 94 valence electrons. The maximum absolute atomic E-state index is 4.80. The molecule has 0 fully saturated rings. The Balaban J connectivity index is 3.10. The Kier molecular flexibility index (Phi) is 5.06. The van der Waals surface area contributed by atoms with Gasteiger partial charge in [-0.15, -0.1) is 18.3 Å². The largest absolute Gasteiger partial charge is 0.352 e. The van der Waals surface area contributed by atoms with Crippen LogP contribution in [0.5, 0.6) is 0 Å². The van der Waals surface area contributed by atoms with Crippen LogP contribution in [0.15, 0.2) is 39.9 Å². The molecule has 1 rings (SSSR count). The molecule has 0 saturated carbocycles. The number of hydrogen-bond donors (Lipinski definition) is 0. The van der Waals surface area contributed by atoms with Crippen molar-refractivity contribution >= 4 is 17.5 Å². The van der Waals surface area contributed by atoms with Gasteiger partial charge in [-0.3, -0.25) is 4.99 Å². The van der Waals surface area contributed by atoms with Crippen molar-refractivity contribution in [2.75, 3.05) is 13.3 Å². The molecule has 17 heavy (non-hydrogen) atoms. The Hall–Kier alpha value is -0.960. The molecule has 2 nitrogen and oxygen atoms in total. The predicted molar refractivity (Wildman–Crippen MR) is 79.4 cm³/mol. The number of nitrogens with zero attached hydrogens (tertiary/aromatic N) is 2. The second kappa shape index (κ2) is 6.10. The van der Waals surface area contributed by atoms with E-state index < -0.39 is 0 Å². The lowest BCUT2D eigenvalue weighted by atomic mass is 10.0. The van der Waals surface area contributed by atoms with Gasteiger partial charge in [0.25, 0.3) is 0 Å². The second-order valence-corrected chi connectivity index (χ2v) is 5.03. The number of hydrogen-bond acceptors (Lipinski definition) is 3. The molecule has 0 bridgehead atoms. The highest BCUT2D eigenvalue weighted by molar-refractivity contribution is 8.02. The van der Waals surface area contributed by atoms with E-state index in [1.165, 1.54) is 16.2 Å². The van der Waals surface area contributed by atoms with Gasteiger partial charge in [0, 0.05) is 23.4 Å². The van der Waals surface area contributed by atoms with Crippen LogP contribution in [-0.2, 0) is 0 Å². The van der Waals surface area contributed by atoms with Crippen molar-refractivity contribution in [2.24, 2.45) is 4.99 Å². The first-order valence-corrected chi connectivity index (χ1v) is 7.07. The minimum atomic E-state index is 0.142. The van der Waals surface area contributed by atoms with Crippen molar-refractivity contribution in [3.63, 3.8) is 0 Å². The molecule has 0 radical (unpaired) electrons. The highest BCUT2D eigenvalue weighted by Crippen LogP contribution is 2.30. The number of thioether (sulfide) groups is 1. The van der Waals surface area contributed by atoms with E-state index >= 15 is 0 Å². The zero-order valence-electron chi connectivity index (χ0n) is 11.4. The van der Waals surface area contributed by atoms with Gasteiger partial charge in [-0.2, -0.15) is 0 Å². The highest BCUT2D eigenvalue weighted by atomic mass is 32.2. The van der Waals surface area contributed by atoms with Crippen LogP contribution in [-0.4, -0.2) is 30.1 Å². The van der Waals surface area contributed by atoms with E-state index in [0.717, 1.165) is 12.1 Å². The maximum atomic E-state index is 4.80. The lowest BCUT2D eigenvalue weighted by Crippen LogP contribution is -2.35. The summed E-state index contributed by atoms with van der Waals surface area (Å²) in [6, 6.07) is 0. The van der Waals surface area contributed by atoms with Gasteiger partial charge in [0.1, 0.15) is 0 Å². The third-order valence-electron chi connectivity index (χ3n) is 3.21. The van der Waals surface area contributed by atoms with Crippen molar-refractivity contribution in [1.82, 2.24) is 4.90 Å². The van der Waals surface area contributed by atoms with Gasteiger partial charge in [-0.1, -0.05) is 12.2 Å². The lowest BCUT2D eigenvalue weighted by Gasteiger charge is -2.35. The SMILES string of the molecule is C=CCC1=C(C)N(C)C(/C(=C/C)SC)N=C1C. The summed E-state index contributed by atoms with van der Waals surface area (Å²) in [4.78, 5) is 8.35. The fourth-order valence-electron chi connectivity index (χ4n) is 2.07. The first-order valence-electron chi connectivity index (χ1n) is 5.85. The monoisotopic (exact) mass is 250 g/mol. The van der Waals surface area contributed by atoms with E-state index in [4.69, 9.17) is 4.99 Å². The Morgan fingerprint density at radius 2 is 2.18 bits per heavy atom. The van der Waals surface area contributed by atoms with Crippen LogP contribution in [0.3, 0.4) is 0 Å². The molecule has 1 aliphatic rings. The van der Waals surface area contributed by atoms with E-state index in [9.17, 15) is 0 Å². The Labute approximate surface area is 109 Å². The average molecular weight is 250 g/mol. The van der Waals surface area contributed by atoms with Crippen LogP contribution < -0.4 is 0 Å². The van der Waals surface area contributed by atoms with Gasteiger partial charge < -0.3 is 4.90 Å². The van der Waals surface area contributed by atoms with Crippen LogP contribution >= 0.6 is 11.8 Å². The number of likely N-dealkylation sites (N-methyl/N-ethyl adjacent to an activating group) is 1. The molecule has 0 aliphatic carbocycles. The Morgan fingerprint density at radius 1 is 1.53 bits per heavy atom. The minimum Gasteiger partial charge on any atom is -0.352 e. The smallest absolute Gasteiger partial charge is 0.152 e. The van der Waals surface area contributed by atoms with Crippen molar-refractivity contribution < 1.29 is 0 Å². The van der Waals surface area contributed by atoms with Crippen molar-refractivity contribution in [2.45, 2.75) is 33.4 Å². The molecule has 0 spiro atoms. The van der Waals surface area contributed by atoms with Crippen LogP contribution in [0.1, 0.15) is 27.2 Å². The minimum absolute atomic E-state index is 0.142. The molecule has 0 N–H and O–H groups in total. The summed E-state index contributed by atoms with van der Waals surface area (Å²) in [5.41, 5.74) is 3.74. The fourth-order valence-corrected chi connectivity index (χ4v) is 2.73. The maximum Gasteiger partial charge on any atom is 0.152 e. The molecule has 0 aromatic carbocycles. The van der Waals surface area contributed by atoms with E-state index in [0.29, 0.717) is 0 Å². The summed E-state index contributed by atoms with van der Waals surface area (Å²) < 4.78 is 0. The first-order chi connectivity index (χ1) is 8.06. The molecule has 0 aromatic heterocycles. The molecule has 1 atom stereocenters. The zero-order valence-corrected chi connectivity index (χ0v) is 12.3. The third-order valence-corrected chi connectivity index (χ3v) is 4.13. The van der Waals surface area contributed by atoms with Crippen LogP contribution in [0.4, 0.5) is 0 Å². The molecular weight excluding hydrogens is 228 g/mol. The third kappa shape index (κ3) is 2.83. The van der Waals surface area contributed by atoms with Gasteiger partial charge in [-0.05, 0) is 39.0 Å². The molecule has 3 heteroatoms. The van der Waals surface area contributed by atoms with Crippen LogP contribution in [0.25, 0.3) is 0 Å². The quantitative estimate of drug-likeness (QED) is 0.705. The van der Waals surface area contributed by atoms with Crippen molar-refractivity contribution in [1.29, 1.82) is 0 Å². The van der Waals surface area contributed by atoms with Gasteiger partial charge in [0.15, 0.2) is 6.17 Å². The second-order valence-electron chi connectivity index (χ2n) is 4.15. The van der Waals surface area contributed by atoms with E-state index in [1.54, 1.807) is 11.8 Å². The number of rotatable bonds is 4. The van der Waals surface area contributed by atoms with Gasteiger partial charge >= 0.3 is 0 Å². The van der Waals surface area contributed by atoms with Crippen molar-refractivity contribution in [3.8, 4) is 0 Å². The predicted octanol–water partition coefficient (Wildman–Crippen LogP) is 3.84. The van der Waals surface area contributed by atoms with Gasteiger partial charge in [0.2, 0.25) is 0 Å². The summed E-state index contributed by atoms with van der Waals surface area (Å²) in [6.07, 6.45) is 7.23. The fraction of sp³-hybridized carbons (Fsp3) is 0.500. The summed E-state index contributed by atoms with van der Waals surface area (Å²) >= 11 is 1.77. The topological polar surface area (TPSA) is 15.6 Å². The van der Waals surface area contributed by atoms with Crippen LogP contribution in [0.2, 0.25) is 0 Å². The molecular formula is C14H22N2S. The summed E-state index contributed by atoms with van der Waals surface area (Å²) in [5, 5.41) is 0.